The summed E-state index contributed by atoms with van der Waals surface area (Å²) in [6, 6.07) is 10.5. The van der Waals surface area contributed by atoms with Gasteiger partial charge in [0.05, 0.1) is 12.1 Å². The predicted octanol–water partition coefficient (Wildman–Crippen LogP) is 3.28. The zero-order valence-electron chi connectivity index (χ0n) is 13.2. The fourth-order valence-electron chi connectivity index (χ4n) is 2.88. The van der Waals surface area contributed by atoms with E-state index in [4.69, 9.17) is 0 Å². The highest BCUT2D eigenvalue weighted by atomic mass is 35.5. The Bertz CT molecular complexity index is 739. The van der Waals surface area contributed by atoms with Crippen molar-refractivity contribution in [3.8, 4) is 0 Å². The second-order valence-corrected chi connectivity index (χ2v) is 5.80. The quantitative estimate of drug-likeness (QED) is 0.890. The highest BCUT2D eigenvalue weighted by Gasteiger charge is 2.25. The fraction of sp³-hybridized carbons (Fsp3) is 0.278. The molecule has 1 amide bonds. The minimum absolute atomic E-state index is 0. The molecule has 1 heterocycles. The molecule has 3 nitrogen and oxygen atoms in total. The molecule has 0 radical (unpaired) electrons. The van der Waals surface area contributed by atoms with Crippen LogP contribution in [0.5, 0.6) is 0 Å². The Hall–Kier alpha value is -1.98. The standard InChI is InChI=1S/C18H18F2N2O.ClH/c1-11(15-7-6-14(19)9-16(15)20)22-18(23)17-8-12-4-2-3-5-13(12)10-21-17;/h2-7,9,11,17,21H,8,10H2,1H3,(H,22,23);1H. The van der Waals surface area contributed by atoms with Gasteiger partial charge >= 0.3 is 0 Å². The maximum absolute atomic E-state index is 13.8. The van der Waals surface area contributed by atoms with Crippen LogP contribution < -0.4 is 10.6 Å². The molecule has 2 aromatic rings. The van der Waals surface area contributed by atoms with Gasteiger partial charge in [0.25, 0.3) is 0 Å². The van der Waals surface area contributed by atoms with Crippen LogP contribution in [0.4, 0.5) is 8.78 Å². The number of halogens is 3. The molecule has 1 aliphatic rings. The maximum atomic E-state index is 13.8. The third-order valence-corrected chi connectivity index (χ3v) is 4.19. The molecule has 1 aliphatic heterocycles. The van der Waals surface area contributed by atoms with E-state index in [1.165, 1.54) is 17.7 Å². The first kappa shape index (κ1) is 18.4. The van der Waals surface area contributed by atoms with Gasteiger partial charge in [-0.1, -0.05) is 30.3 Å². The molecule has 0 aliphatic carbocycles. The van der Waals surface area contributed by atoms with E-state index >= 15 is 0 Å². The number of hydrogen-bond donors (Lipinski definition) is 2. The average molecular weight is 353 g/mol. The molecule has 0 fully saturated rings. The van der Waals surface area contributed by atoms with E-state index in [2.05, 4.69) is 10.6 Å². The van der Waals surface area contributed by atoms with Crippen LogP contribution in [0.3, 0.4) is 0 Å². The van der Waals surface area contributed by atoms with Gasteiger partial charge in [0.15, 0.2) is 0 Å². The van der Waals surface area contributed by atoms with E-state index in [1.54, 1.807) is 6.92 Å². The first-order chi connectivity index (χ1) is 11.0. The summed E-state index contributed by atoms with van der Waals surface area (Å²) in [4.78, 5) is 12.4. The SMILES string of the molecule is CC(NC(=O)C1Cc2ccccc2CN1)c1ccc(F)cc1F.Cl. The normalized spacial score (nSPS) is 17.4. The molecule has 0 bridgehead atoms. The molecule has 6 heteroatoms. The van der Waals surface area contributed by atoms with Crippen molar-refractivity contribution in [2.45, 2.75) is 32.0 Å². The second kappa shape index (κ2) is 7.73. The summed E-state index contributed by atoms with van der Waals surface area (Å²) in [6.07, 6.45) is 0.598. The zero-order chi connectivity index (χ0) is 16.4. The highest BCUT2D eigenvalue weighted by Crippen LogP contribution is 2.20. The van der Waals surface area contributed by atoms with Crippen LogP contribution in [-0.4, -0.2) is 11.9 Å². The monoisotopic (exact) mass is 352 g/mol. The number of amides is 1. The Kier molecular flexibility index (Phi) is 5.91. The smallest absolute Gasteiger partial charge is 0.237 e. The Labute approximate surface area is 145 Å². The van der Waals surface area contributed by atoms with Crippen LogP contribution >= 0.6 is 12.4 Å². The van der Waals surface area contributed by atoms with Gasteiger partial charge in [-0.2, -0.15) is 0 Å². The summed E-state index contributed by atoms with van der Waals surface area (Å²) in [6.45, 7) is 2.32. The molecule has 0 aromatic heterocycles. The van der Waals surface area contributed by atoms with Gasteiger partial charge in [-0.15, -0.1) is 12.4 Å². The van der Waals surface area contributed by atoms with E-state index in [0.29, 0.717) is 13.0 Å². The third kappa shape index (κ3) is 3.91. The first-order valence-electron chi connectivity index (χ1n) is 7.60. The Morgan fingerprint density at radius 2 is 1.92 bits per heavy atom. The van der Waals surface area contributed by atoms with Gasteiger partial charge in [0, 0.05) is 18.2 Å². The molecular formula is C18H19ClF2N2O. The van der Waals surface area contributed by atoms with Crippen molar-refractivity contribution in [3.05, 3.63) is 70.8 Å². The summed E-state index contributed by atoms with van der Waals surface area (Å²) in [5.41, 5.74) is 2.61. The lowest BCUT2D eigenvalue weighted by molar-refractivity contribution is -0.124. The Morgan fingerprint density at radius 3 is 2.62 bits per heavy atom. The molecule has 0 spiro atoms. The largest absolute Gasteiger partial charge is 0.348 e. The van der Waals surface area contributed by atoms with Crippen LogP contribution in [0.15, 0.2) is 42.5 Å². The van der Waals surface area contributed by atoms with E-state index in [0.717, 1.165) is 11.6 Å². The molecule has 24 heavy (non-hydrogen) atoms. The fourth-order valence-corrected chi connectivity index (χ4v) is 2.88. The van der Waals surface area contributed by atoms with Gasteiger partial charge in [-0.25, -0.2) is 8.78 Å². The van der Waals surface area contributed by atoms with Gasteiger partial charge in [0.1, 0.15) is 11.6 Å². The van der Waals surface area contributed by atoms with Crippen molar-refractivity contribution in [1.82, 2.24) is 10.6 Å². The molecule has 2 N–H and O–H groups in total. The summed E-state index contributed by atoms with van der Waals surface area (Å²) in [5.74, 6) is -1.47. The minimum atomic E-state index is -0.653. The zero-order valence-corrected chi connectivity index (χ0v) is 14.0. The van der Waals surface area contributed by atoms with Gasteiger partial charge in [-0.05, 0) is 30.5 Å². The van der Waals surface area contributed by atoms with Crippen LogP contribution in [0.2, 0.25) is 0 Å². The lowest BCUT2D eigenvalue weighted by Gasteiger charge is -2.27. The molecule has 2 unspecified atom stereocenters. The van der Waals surface area contributed by atoms with Crippen molar-refractivity contribution in [3.63, 3.8) is 0 Å². The molecule has 2 aromatic carbocycles. The molecular weight excluding hydrogens is 334 g/mol. The lowest BCUT2D eigenvalue weighted by atomic mass is 9.95. The van der Waals surface area contributed by atoms with Crippen molar-refractivity contribution in [2.75, 3.05) is 0 Å². The number of fused-ring (bicyclic) bond motifs is 1. The topological polar surface area (TPSA) is 41.1 Å². The Balaban J connectivity index is 0.00000208. The second-order valence-electron chi connectivity index (χ2n) is 5.80. The van der Waals surface area contributed by atoms with Gasteiger partial charge in [-0.3, -0.25) is 4.79 Å². The molecule has 128 valence electrons. The summed E-state index contributed by atoms with van der Waals surface area (Å²) >= 11 is 0. The number of hydrogen-bond acceptors (Lipinski definition) is 2. The molecule has 0 saturated carbocycles. The van der Waals surface area contributed by atoms with Gasteiger partial charge in [0.2, 0.25) is 5.91 Å². The van der Waals surface area contributed by atoms with Crippen molar-refractivity contribution in [1.29, 1.82) is 0 Å². The molecule has 2 atom stereocenters. The van der Waals surface area contributed by atoms with Gasteiger partial charge < -0.3 is 10.6 Å². The lowest BCUT2D eigenvalue weighted by Crippen LogP contribution is -2.48. The van der Waals surface area contributed by atoms with E-state index in [1.807, 2.05) is 24.3 Å². The van der Waals surface area contributed by atoms with Crippen molar-refractivity contribution >= 4 is 18.3 Å². The van der Waals surface area contributed by atoms with Crippen LogP contribution in [0.25, 0.3) is 0 Å². The van der Waals surface area contributed by atoms with Crippen molar-refractivity contribution in [2.24, 2.45) is 0 Å². The van der Waals surface area contributed by atoms with E-state index in [-0.39, 0.29) is 29.9 Å². The number of carbonyl (C=O) groups is 1. The Morgan fingerprint density at radius 1 is 1.21 bits per heavy atom. The molecule has 0 saturated heterocycles. The average Bonchev–Trinajstić information content (AvgIpc) is 2.54. The third-order valence-electron chi connectivity index (χ3n) is 4.19. The summed E-state index contributed by atoms with van der Waals surface area (Å²) < 4.78 is 26.8. The maximum Gasteiger partial charge on any atom is 0.237 e. The number of rotatable bonds is 3. The summed E-state index contributed by atoms with van der Waals surface area (Å²) in [7, 11) is 0. The number of benzene rings is 2. The van der Waals surface area contributed by atoms with E-state index < -0.39 is 17.7 Å². The highest BCUT2D eigenvalue weighted by molar-refractivity contribution is 5.85. The summed E-state index contributed by atoms with van der Waals surface area (Å²) in [5, 5.41) is 5.98. The van der Waals surface area contributed by atoms with E-state index in [9.17, 15) is 13.6 Å². The minimum Gasteiger partial charge on any atom is -0.348 e. The first-order valence-corrected chi connectivity index (χ1v) is 7.60. The molecule has 3 rings (SSSR count). The van der Waals surface area contributed by atoms with Crippen LogP contribution in [0, 0.1) is 11.6 Å². The number of carbonyl (C=O) groups excluding carboxylic acids is 1. The van der Waals surface area contributed by atoms with Crippen molar-refractivity contribution < 1.29 is 13.6 Å². The van der Waals surface area contributed by atoms with Crippen LogP contribution in [-0.2, 0) is 17.8 Å². The number of nitrogens with one attached hydrogen (secondary N) is 2. The van der Waals surface area contributed by atoms with Crippen LogP contribution in [0.1, 0.15) is 29.7 Å². The predicted molar refractivity (Wildman–Crippen MR) is 90.9 cm³/mol.